The van der Waals surface area contributed by atoms with Crippen molar-refractivity contribution in [3.63, 3.8) is 0 Å². The Balaban J connectivity index is 2.76. The lowest BCUT2D eigenvalue weighted by Crippen LogP contribution is -2.10. The fourth-order valence-corrected chi connectivity index (χ4v) is 1.47. The minimum Gasteiger partial charge on any atom is -0.497 e. The van der Waals surface area contributed by atoms with Crippen LogP contribution in [0.5, 0.6) is 5.75 Å². The maximum absolute atomic E-state index is 13.6. The third-order valence-corrected chi connectivity index (χ3v) is 2.58. The molecule has 0 fully saturated rings. The Bertz CT molecular complexity index is 405. The number of hydrogen-bond acceptors (Lipinski definition) is 2. The molecule has 0 atom stereocenters. The van der Waals surface area contributed by atoms with Gasteiger partial charge in [-0.25, -0.2) is 4.39 Å². The van der Waals surface area contributed by atoms with Crippen LogP contribution in [0.4, 0.5) is 4.39 Å². The summed E-state index contributed by atoms with van der Waals surface area (Å²) < 4.78 is 18.5. The van der Waals surface area contributed by atoms with Gasteiger partial charge in [0.1, 0.15) is 11.6 Å². The monoisotopic (exact) mass is 238 g/mol. The van der Waals surface area contributed by atoms with E-state index in [1.165, 1.54) is 19.2 Å². The lowest BCUT2D eigenvalue weighted by Gasteiger charge is -2.17. The van der Waals surface area contributed by atoms with Crippen molar-refractivity contribution >= 4 is 5.78 Å². The maximum atomic E-state index is 13.6. The first-order valence-corrected chi connectivity index (χ1v) is 5.70. The van der Waals surface area contributed by atoms with Crippen LogP contribution in [-0.4, -0.2) is 12.9 Å². The predicted molar refractivity (Wildman–Crippen MR) is 66.0 cm³/mol. The largest absolute Gasteiger partial charge is 0.497 e. The molecule has 0 heterocycles. The maximum Gasteiger partial charge on any atom is 0.165 e. The van der Waals surface area contributed by atoms with Crippen LogP contribution in [0.25, 0.3) is 0 Å². The molecule has 0 radical (unpaired) electrons. The van der Waals surface area contributed by atoms with Crippen molar-refractivity contribution in [1.29, 1.82) is 0 Å². The molecule has 17 heavy (non-hydrogen) atoms. The van der Waals surface area contributed by atoms with E-state index >= 15 is 0 Å². The van der Waals surface area contributed by atoms with Gasteiger partial charge < -0.3 is 4.74 Å². The molecule has 1 aromatic carbocycles. The van der Waals surface area contributed by atoms with Gasteiger partial charge in [-0.1, -0.05) is 20.8 Å². The van der Waals surface area contributed by atoms with E-state index in [0.717, 1.165) is 6.42 Å². The van der Waals surface area contributed by atoms with Gasteiger partial charge in [-0.3, -0.25) is 4.79 Å². The smallest absolute Gasteiger partial charge is 0.165 e. The van der Waals surface area contributed by atoms with Crippen LogP contribution < -0.4 is 4.74 Å². The Kier molecular flexibility index (Phi) is 4.27. The van der Waals surface area contributed by atoms with Gasteiger partial charge in [-0.2, -0.15) is 0 Å². The highest BCUT2D eigenvalue weighted by molar-refractivity contribution is 5.96. The first kappa shape index (κ1) is 13.7. The summed E-state index contributed by atoms with van der Waals surface area (Å²) in [5, 5.41) is 0. The number of methoxy groups -OCH3 is 1. The van der Waals surface area contributed by atoms with Crippen molar-refractivity contribution in [2.24, 2.45) is 5.41 Å². The summed E-state index contributed by atoms with van der Waals surface area (Å²) in [6.07, 6.45) is 1.12. The molecule has 0 saturated heterocycles. The van der Waals surface area contributed by atoms with Crippen molar-refractivity contribution in [3.8, 4) is 5.75 Å². The van der Waals surface area contributed by atoms with E-state index in [0.29, 0.717) is 12.2 Å². The molecule has 0 amide bonds. The van der Waals surface area contributed by atoms with Crippen molar-refractivity contribution in [1.82, 2.24) is 0 Å². The SMILES string of the molecule is COc1ccc(C(=O)CCC(C)(C)C)c(F)c1. The molecule has 0 bridgehead atoms. The number of carbonyl (C=O) groups excluding carboxylic acids is 1. The molecule has 1 aromatic rings. The van der Waals surface area contributed by atoms with Crippen molar-refractivity contribution in [2.45, 2.75) is 33.6 Å². The lowest BCUT2D eigenvalue weighted by molar-refractivity contribution is 0.0962. The molecule has 0 aliphatic rings. The van der Waals surface area contributed by atoms with Crippen molar-refractivity contribution < 1.29 is 13.9 Å². The van der Waals surface area contributed by atoms with Crippen LogP contribution in [0.15, 0.2) is 18.2 Å². The number of rotatable bonds is 4. The average molecular weight is 238 g/mol. The Morgan fingerprint density at radius 1 is 1.35 bits per heavy atom. The summed E-state index contributed by atoms with van der Waals surface area (Å²) in [6.45, 7) is 6.18. The Morgan fingerprint density at radius 3 is 2.47 bits per heavy atom. The lowest BCUT2D eigenvalue weighted by atomic mass is 9.88. The zero-order chi connectivity index (χ0) is 13.1. The zero-order valence-electron chi connectivity index (χ0n) is 10.8. The molecule has 0 spiro atoms. The van der Waals surface area contributed by atoms with E-state index in [1.54, 1.807) is 6.07 Å². The molecule has 0 N–H and O–H groups in total. The van der Waals surface area contributed by atoms with Gasteiger partial charge in [0.25, 0.3) is 0 Å². The quantitative estimate of drug-likeness (QED) is 0.745. The second-order valence-electron chi connectivity index (χ2n) is 5.33. The van der Waals surface area contributed by atoms with E-state index in [-0.39, 0.29) is 16.8 Å². The number of halogens is 1. The number of ketones is 1. The molecular weight excluding hydrogens is 219 g/mol. The van der Waals surface area contributed by atoms with Crippen molar-refractivity contribution in [2.75, 3.05) is 7.11 Å². The fraction of sp³-hybridized carbons (Fsp3) is 0.500. The summed E-state index contributed by atoms with van der Waals surface area (Å²) >= 11 is 0. The van der Waals surface area contributed by atoms with E-state index in [4.69, 9.17) is 4.74 Å². The minimum absolute atomic E-state index is 0.0820. The van der Waals surface area contributed by atoms with Gasteiger partial charge in [0, 0.05) is 12.5 Å². The first-order valence-electron chi connectivity index (χ1n) is 5.70. The van der Waals surface area contributed by atoms with Gasteiger partial charge >= 0.3 is 0 Å². The first-order chi connectivity index (χ1) is 7.83. The molecule has 0 saturated carbocycles. The Morgan fingerprint density at radius 2 is 2.00 bits per heavy atom. The van der Waals surface area contributed by atoms with E-state index in [2.05, 4.69) is 20.8 Å². The van der Waals surface area contributed by atoms with Crippen LogP contribution in [0.3, 0.4) is 0 Å². The summed E-state index contributed by atoms with van der Waals surface area (Å²) in [4.78, 5) is 11.8. The third-order valence-electron chi connectivity index (χ3n) is 2.58. The van der Waals surface area contributed by atoms with Gasteiger partial charge in [0.15, 0.2) is 5.78 Å². The van der Waals surface area contributed by atoms with Crippen LogP contribution in [0, 0.1) is 11.2 Å². The van der Waals surface area contributed by atoms with Crippen LogP contribution in [-0.2, 0) is 0 Å². The van der Waals surface area contributed by atoms with E-state index in [1.807, 2.05) is 0 Å². The molecule has 0 aromatic heterocycles. The molecule has 94 valence electrons. The highest BCUT2D eigenvalue weighted by Crippen LogP contribution is 2.23. The molecular formula is C14H19FO2. The van der Waals surface area contributed by atoms with Crippen LogP contribution in [0.1, 0.15) is 44.0 Å². The van der Waals surface area contributed by atoms with Gasteiger partial charge in [-0.15, -0.1) is 0 Å². The van der Waals surface area contributed by atoms with Gasteiger partial charge in [0.2, 0.25) is 0 Å². The van der Waals surface area contributed by atoms with Crippen molar-refractivity contribution in [3.05, 3.63) is 29.6 Å². The van der Waals surface area contributed by atoms with Crippen LogP contribution in [0.2, 0.25) is 0 Å². The number of Topliss-reactive ketones (excluding diaryl/α,β-unsaturated/α-hetero) is 1. The fourth-order valence-electron chi connectivity index (χ4n) is 1.47. The molecule has 0 aliphatic heterocycles. The second kappa shape index (κ2) is 5.30. The molecule has 0 aliphatic carbocycles. The molecule has 0 unspecified atom stereocenters. The number of ether oxygens (including phenoxy) is 1. The highest BCUT2D eigenvalue weighted by atomic mass is 19.1. The summed E-state index contributed by atoms with van der Waals surface area (Å²) in [6, 6.07) is 4.33. The predicted octanol–water partition coefficient (Wildman–Crippen LogP) is 3.84. The summed E-state index contributed by atoms with van der Waals surface area (Å²) in [5.74, 6) is -0.238. The average Bonchev–Trinajstić information content (AvgIpc) is 2.24. The normalized spacial score (nSPS) is 11.4. The van der Waals surface area contributed by atoms with Crippen LogP contribution >= 0.6 is 0 Å². The molecule has 3 heteroatoms. The van der Waals surface area contributed by atoms with E-state index < -0.39 is 5.82 Å². The third kappa shape index (κ3) is 4.17. The molecule has 1 rings (SSSR count). The van der Waals surface area contributed by atoms with Gasteiger partial charge in [0.05, 0.1) is 12.7 Å². The topological polar surface area (TPSA) is 26.3 Å². The highest BCUT2D eigenvalue weighted by Gasteiger charge is 2.16. The summed E-state index contributed by atoms with van der Waals surface area (Å²) in [7, 11) is 1.47. The Hall–Kier alpha value is -1.38. The second-order valence-corrected chi connectivity index (χ2v) is 5.33. The number of benzene rings is 1. The number of carbonyl (C=O) groups is 1. The van der Waals surface area contributed by atoms with E-state index in [9.17, 15) is 9.18 Å². The van der Waals surface area contributed by atoms with Gasteiger partial charge in [-0.05, 0) is 24.0 Å². The number of hydrogen-bond donors (Lipinski definition) is 0. The standard InChI is InChI=1S/C14H19FO2/c1-14(2,3)8-7-13(16)11-6-5-10(17-4)9-12(11)15/h5-6,9H,7-8H2,1-4H3. The molecule has 2 nitrogen and oxygen atoms in total. The minimum atomic E-state index is -0.511. The summed E-state index contributed by atoms with van der Waals surface area (Å²) in [5.41, 5.74) is 0.230. The zero-order valence-corrected chi connectivity index (χ0v) is 10.8. The Labute approximate surface area is 102 Å².